The average Bonchev–Trinajstić information content (AvgIpc) is 2.25. The summed E-state index contributed by atoms with van der Waals surface area (Å²) in [4.78, 5) is 0. The van der Waals surface area contributed by atoms with E-state index in [9.17, 15) is 8.96 Å². The van der Waals surface area contributed by atoms with Gasteiger partial charge in [0.2, 0.25) is 7.37 Å². The number of halogens is 1. The molecule has 11 heavy (non-hydrogen) atoms. The van der Waals surface area contributed by atoms with Crippen molar-refractivity contribution >= 4 is 7.37 Å². The largest absolute Gasteiger partial charge is 0.321 e. The second kappa shape index (κ2) is 2.97. The Morgan fingerprint density at radius 1 is 1.91 bits per heavy atom. The molecule has 0 N–H and O–H groups in total. The van der Waals surface area contributed by atoms with Crippen LogP contribution in [0.3, 0.4) is 0 Å². The molecule has 1 saturated heterocycles. The van der Waals surface area contributed by atoms with Gasteiger partial charge in [0.25, 0.3) is 0 Å². The third-order valence-electron chi connectivity index (χ3n) is 1.70. The van der Waals surface area contributed by atoms with Crippen molar-refractivity contribution in [2.75, 3.05) is 19.5 Å². The first-order valence-corrected chi connectivity index (χ1v) is 5.62. The van der Waals surface area contributed by atoms with Crippen molar-refractivity contribution in [2.45, 2.75) is 6.10 Å². The quantitative estimate of drug-likeness (QED) is 0.447. The van der Waals surface area contributed by atoms with Crippen LogP contribution in [-0.2, 0) is 9.09 Å². The van der Waals surface area contributed by atoms with Crippen LogP contribution in [-0.4, -0.2) is 25.6 Å². The Kier molecular flexibility index (Phi) is 2.37. The zero-order valence-electron chi connectivity index (χ0n) is 6.29. The summed E-state index contributed by atoms with van der Waals surface area (Å²) in [6.07, 6.45) is 4.78. The number of hydrogen-bond donors (Lipinski definition) is 0. The van der Waals surface area contributed by atoms with E-state index in [-0.39, 0.29) is 5.92 Å². The third kappa shape index (κ3) is 1.83. The normalized spacial score (nSPS) is 43.7. The summed E-state index contributed by atoms with van der Waals surface area (Å²) in [5, 5.41) is 0. The minimum atomic E-state index is -2.57. The third-order valence-corrected chi connectivity index (χ3v) is 3.48. The van der Waals surface area contributed by atoms with Gasteiger partial charge in [0.15, 0.2) is 0 Å². The molecule has 1 fully saturated rings. The molecule has 0 amide bonds. The zero-order chi connectivity index (χ0) is 8.48. The van der Waals surface area contributed by atoms with Crippen molar-refractivity contribution in [2.24, 2.45) is 5.92 Å². The smallest absolute Gasteiger partial charge is 0.201 e. The molecule has 62 valence electrons. The van der Waals surface area contributed by atoms with Crippen LogP contribution in [0.4, 0.5) is 4.39 Å². The highest BCUT2D eigenvalue weighted by molar-refractivity contribution is 7.58. The molecule has 0 saturated carbocycles. The Morgan fingerprint density at radius 3 is 2.91 bits per heavy atom. The average molecular weight is 176 g/mol. The molecule has 1 rings (SSSR count). The minimum absolute atomic E-state index is 0.309. The van der Waals surface area contributed by atoms with Crippen molar-refractivity contribution in [3.63, 3.8) is 0 Å². The van der Waals surface area contributed by atoms with Gasteiger partial charge in [0.05, 0.1) is 5.92 Å². The summed E-state index contributed by atoms with van der Waals surface area (Å²) in [5.41, 5.74) is 0. The van der Waals surface area contributed by atoms with Gasteiger partial charge in [-0.15, -0.1) is 6.42 Å². The molecule has 3 atom stereocenters. The highest BCUT2D eigenvalue weighted by Crippen LogP contribution is 2.52. The lowest BCUT2D eigenvalue weighted by Gasteiger charge is -2.07. The highest BCUT2D eigenvalue weighted by Gasteiger charge is 2.38. The summed E-state index contributed by atoms with van der Waals surface area (Å²) in [5.74, 6) is 2.07. The van der Waals surface area contributed by atoms with Gasteiger partial charge >= 0.3 is 0 Å². The molecule has 2 nitrogen and oxygen atoms in total. The molecule has 3 unspecified atom stereocenters. The first-order valence-electron chi connectivity index (χ1n) is 3.36. The summed E-state index contributed by atoms with van der Waals surface area (Å²) < 4.78 is 28.3. The van der Waals surface area contributed by atoms with Crippen molar-refractivity contribution in [1.29, 1.82) is 0 Å². The molecule has 0 aromatic heterocycles. The Hall–Kier alpha value is -0.320. The maximum absolute atomic E-state index is 12.1. The van der Waals surface area contributed by atoms with Gasteiger partial charge < -0.3 is 4.52 Å². The number of rotatable bonds is 1. The fraction of sp³-hybridized carbons (Fsp3) is 0.714. The van der Waals surface area contributed by atoms with Crippen LogP contribution in [0.25, 0.3) is 0 Å². The van der Waals surface area contributed by atoms with Gasteiger partial charge in [0, 0.05) is 12.8 Å². The Balaban J connectivity index is 2.72. The van der Waals surface area contributed by atoms with E-state index in [1.165, 1.54) is 6.66 Å². The fourth-order valence-corrected chi connectivity index (χ4v) is 3.09. The molecule has 1 aliphatic heterocycles. The van der Waals surface area contributed by atoms with Crippen molar-refractivity contribution in [3.05, 3.63) is 0 Å². The lowest BCUT2D eigenvalue weighted by atomic mass is 10.1. The van der Waals surface area contributed by atoms with Gasteiger partial charge in [-0.05, 0) is 0 Å². The molecular formula is C7H10FO2P. The molecule has 4 heteroatoms. The Labute approximate surface area is 65.6 Å². The summed E-state index contributed by atoms with van der Waals surface area (Å²) in [6.45, 7) is 0.847. The van der Waals surface area contributed by atoms with Crippen molar-refractivity contribution in [3.8, 4) is 12.3 Å². The van der Waals surface area contributed by atoms with Crippen LogP contribution in [0.5, 0.6) is 0 Å². The summed E-state index contributed by atoms with van der Waals surface area (Å²) in [6, 6.07) is 0. The topological polar surface area (TPSA) is 26.3 Å². The van der Waals surface area contributed by atoms with Crippen LogP contribution in [0.2, 0.25) is 0 Å². The van der Waals surface area contributed by atoms with E-state index < -0.39 is 20.1 Å². The maximum atomic E-state index is 12.1. The Morgan fingerprint density at radius 2 is 2.55 bits per heavy atom. The fourth-order valence-electron chi connectivity index (χ4n) is 1.17. The maximum Gasteiger partial charge on any atom is 0.201 e. The number of alkyl halides is 1. The van der Waals surface area contributed by atoms with Gasteiger partial charge in [-0.2, -0.15) is 0 Å². The molecule has 1 aliphatic rings. The van der Waals surface area contributed by atoms with E-state index in [1.54, 1.807) is 0 Å². The van der Waals surface area contributed by atoms with Gasteiger partial charge in [0.1, 0.15) is 12.8 Å². The van der Waals surface area contributed by atoms with Crippen LogP contribution in [0, 0.1) is 18.3 Å². The van der Waals surface area contributed by atoms with Crippen molar-refractivity contribution in [1.82, 2.24) is 0 Å². The first-order chi connectivity index (χ1) is 5.09. The van der Waals surface area contributed by atoms with Crippen LogP contribution >= 0.6 is 7.37 Å². The molecule has 0 radical (unpaired) electrons. The SMILES string of the molecule is C#CC1CP(C)(=O)OC1CF. The van der Waals surface area contributed by atoms with E-state index >= 15 is 0 Å². The zero-order valence-corrected chi connectivity index (χ0v) is 7.18. The summed E-state index contributed by atoms with van der Waals surface area (Å²) in [7, 11) is -2.57. The standard InChI is InChI=1S/C7H10FO2P/c1-3-6-5-11(2,9)10-7(6)4-8/h1,6-7H,4-5H2,2H3. The molecule has 0 aromatic carbocycles. The molecule has 1 heterocycles. The predicted octanol–water partition coefficient (Wildman–Crippen LogP) is 1.51. The second-order valence-electron chi connectivity index (χ2n) is 2.77. The van der Waals surface area contributed by atoms with E-state index in [4.69, 9.17) is 10.9 Å². The lowest BCUT2D eigenvalue weighted by Crippen LogP contribution is -2.17. The van der Waals surface area contributed by atoms with Crippen LogP contribution < -0.4 is 0 Å². The predicted molar refractivity (Wildman–Crippen MR) is 41.6 cm³/mol. The minimum Gasteiger partial charge on any atom is -0.321 e. The number of hydrogen-bond acceptors (Lipinski definition) is 2. The highest BCUT2D eigenvalue weighted by atomic mass is 31.2. The van der Waals surface area contributed by atoms with Crippen LogP contribution in [0.1, 0.15) is 0 Å². The van der Waals surface area contributed by atoms with Gasteiger partial charge in [-0.1, -0.05) is 5.92 Å². The lowest BCUT2D eigenvalue weighted by molar-refractivity contribution is 0.170. The van der Waals surface area contributed by atoms with E-state index in [2.05, 4.69) is 5.92 Å². The van der Waals surface area contributed by atoms with Gasteiger partial charge in [-0.3, -0.25) is 4.57 Å². The van der Waals surface area contributed by atoms with E-state index in [0.717, 1.165) is 0 Å². The molecular weight excluding hydrogens is 166 g/mol. The van der Waals surface area contributed by atoms with Gasteiger partial charge in [-0.25, -0.2) is 4.39 Å². The first kappa shape index (κ1) is 8.77. The molecule has 0 bridgehead atoms. The monoisotopic (exact) mass is 176 g/mol. The second-order valence-corrected chi connectivity index (χ2v) is 5.37. The number of terminal acetylenes is 1. The van der Waals surface area contributed by atoms with E-state index in [0.29, 0.717) is 6.16 Å². The molecule has 0 spiro atoms. The Bertz CT molecular complexity index is 233. The van der Waals surface area contributed by atoms with E-state index in [1.807, 2.05) is 0 Å². The van der Waals surface area contributed by atoms with Crippen LogP contribution in [0.15, 0.2) is 0 Å². The summed E-state index contributed by atoms with van der Waals surface area (Å²) >= 11 is 0. The molecule has 0 aliphatic carbocycles. The molecule has 0 aromatic rings. The van der Waals surface area contributed by atoms with Crippen molar-refractivity contribution < 1.29 is 13.5 Å².